The van der Waals surface area contributed by atoms with Crippen molar-refractivity contribution in [3.05, 3.63) is 62.4 Å². The second-order valence-corrected chi connectivity index (χ2v) is 4.65. The Hall–Kier alpha value is -2.09. The first-order chi connectivity index (χ1) is 9.38. The van der Waals surface area contributed by atoms with Crippen LogP contribution in [0.25, 0.3) is 0 Å². The summed E-state index contributed by atoms with van der Waals surface area (Å²) in [5.74, 6) is -2.61. The fourth-order valence-corrected chi connectivity index (χ4v) is 2.03. The number of benzene rings is 2. The van der Waals surface area contributed by atoms with E-state index < -0.39 is 28.1 Å². The molecule has 0 aliphatic carbocycles. The van der Waals surface area contributed by atoms with Gasteiger partial charge >= 0.3 is 0 Å². The number of nitro groups is 1. The largest absolute Gasteiger partial charge is 0.350 e. The molecule has 1 N–H and O–H groups in total. The van der Waals surface area contributed by atoms with Crippen LogP contribution in [-0.2, 0) is 0 Å². The van der Waals surface area contributed by atoms with Crippen LogP contribution in [-0.4, -0.2) is 4.92 Å². The molecule has 0 saturated carbocycles. The minimum absolute atomic E-state index is 0.0490. The first-order valence-corrected chi connectivity index (χ1v) is 6.03. The molecule has 0 bridgehead atoms. The zero-order chi connectivity index (χ0) is 14.9. The molecule has 0 aliphatic heterocycles. The van der Waals surface area contributed by atoms with Crippen LogP contribution in [0, 0.1) is 27.6 Å². The molecule has 0 radical (unpaired) electrons. The molecule has 0 aromatic heterocycles. The molecule has 0 spiro atoms. The molecule has 0 amide bonds. The lowest BCUT2D eigenvalue weighted by molar-refractivity contribution is -0.385. The van der Waals surface area contributed by atoms with Crippen molar-refractivity contribution in [2.75, 3.05) is 5.32 Å². The van der Waals surface area contributed by atoms with Gasteiger partial charge in [0.2, 0.25) is 0 Å². The van der Waals surface area contributed by atoms with Crippen molar-refractivity contribution in [3.63, 3.8) is 0 Å². The summed E-state index contributed by atoms with van der Waals surface area (Å²) in [6.45, 7) is 0. The summed E-state index contributed by atoms with van der Waals surface area (Å²) in [4.78, 5) is 9.81. The van der Waals surface area contributed by atoms with Gasteiger partial charge in [-0.25, -0.2) is 13.2 Å². The third kappa shape index (κ3) is 2.90. The molecule has 0 fully saturated rings. The summed E-state index contributed by atoms with van der Waals surface area (Å²) >= 11 is 2.96. The quantitative estimate of drug-likeness (QED) is 0.656. The molecule has 0 atom stereocenters. The van der Waals surface area contributed by atoms with Gasteiger partial charge < -0.3 is 5.32 Å². The molecule has 2 aromatic carbocycles. The Morgan fingerprint density at radius 1 is 1.10 bits per heavy atom. The summed E-state index contributed by atoms with van der Waals surface area (Å²) in [6.07, 6.45) is 0. The van der Waals surface area contributed by atoms with Gasteiger partial charge in [0, 0.05) is 12.1 Å². The lowest BCUT2D eigenvalue weighted by Crippen LogP contribution is -1.99. The molecule has 2 rings (SSSR count). The van der Waals surface area contributed by atoms with Crippen LogP contribution < -0.4 is 5.32 Å². The first kappa shape index (κ1) is 14.3. The van der Waals surface area contributed by atoms with Crippen LogP contribution >= 0.6 is 15.9 Å². The van der Waals surface area contributed by atoms with Crippen LogP contribution in [0.15, 0.2) is 34.8 Å². The number of nitrogens with zero attached hydrogens (tertiary/aromatic N) is 1. The SMILES string of the molecule is O=[N+]([O-])c1cc(F)c(Nc2ccc(F)cc2F)c(Br)c1. The molecule has 8 heteroatoms. The van der Waals surface area contributed by atoms with E-state index in [9.17, 15) is 23.3 Å². The Kier molecular flexibility index (Phi) is 3.93. The van der Waals surface area contributed by atoms with E-state index in [0.717, 1.165) is 18.2 Å². The second-order valence-electron chi connectivity index (χ2n) is 3.79. The molecular weight excluding hydrogens is 341 g/mol. The molecule has 0 unspecified atom stereocenters. The number of nitrogens with one attached hydrogen (secondary N) is 1. The fourth-order valence-electron chi connectivity index (χ4n) is 1.51. The van der Waals surface area contributed by atoms with Gasteiger partial charge in [-0.3, -0.25) is 10.1 Å². The number of non-ortho nitro benzene ring substituents is 1. The van der Waals surface area contributed by atoms with Crippen molar-refractivity contribution < 1.29 is 18.1 Å². The highest BCUT2D eigenvalue weighted by atomic mass is 79.9. The Morgan fingerprint density at radius 3 is 2.35 bits per heavy atom. The highest BCUT2D eigenvalue weighted by Gasteiger charge is 2.16. The molecule has 0 heterocycles. The van der Waals surface area contributed by atoms with Crippen molar-refractivity contribution in [2.45, 2.75) is 0 Å². The number of hydrogen-bond donors (Lipinski definition) is 1. The normalized spacial score (nSPS) is 10.4. The van der Waals surface area contributed by atoms with Crippen LogP contribution in [0.2, 0.25) is 0 Å². The minimum Gasteiger partial charge on any atom is -0.350 e. The predicted molar refractivity (Wildman–Crippen MR) is 70.4 cm³/mol. The average Bonchev–Trinajstić information content (AvgIpc) is 2.35. The van der Waals surface area contributed by atoms with E-state index in [-0.39, 0.29) is 15.8 Å². The van der Waals surface area contributed by atoms with E-state index in [2.05, 4.69) is 21.2 Å². The Morgan fingerprint density at radius 2 is 1.80 bits per heavy atom. The second kappa shape index (κ2) is 5.49. The van der Waals surface area contributed by atoms with Crippen molar-refractivity contribution in [1.82, 2.24) is 0 Å². The van der Waals surface area contributed by atoms with E-state index in [1.54, 1.807) is 0 Å². The van der Waals surface area contributed by atoms with Gasteiger partial charge in [0.1, 0.15) is 11.6 Å². The molecule has 2 aromatic rings. The average molecular weight is 347 g/mol. The maximum Gasteiger partial charge on any atom is 0.273 e. The van der Waals surface area contributed by atoms with Crippen molar-refractivity contribution in [1.29, 1.82) is 0 Å². The summed E-state index contributed by atoms with van der Waals surface area (Å²) in [6, 6.07) is 4.52. The third-order valence-corrected chi connectivity index (χ3v) is 3.05. The molecule has 104 valence electrons. The lowest BCUT2D eigenvalue weighted by Gasteiger charge is -2.10. The lowest BCUT2D eigenvalue weighted by atomic mass is 10.2. The Balaban J connectivity index is 2.41. The molecular formula is C12H6BrF3N2O2. The standard InChI is InChI=1S/C12H6BrF3N2O2/c13-8-4-7(18(19)20)5-10(16)12(8)17-11-2-1-6(14)3-9(11)15/h1-5,17H. The van der Waals surface area contributed by atoms with E-state index in [1.165, 1.54) is 0 Å². The maximum atomic E-state index is 13.8. The van der Waals surface area contributed by atoms with Gasteiger partial charge in [-0.2, -0.15) is 0 Å². The van der Waals surface area contributed by atoms with Crippen LogP contribution in [0.5, 0.6) is 0 Å². The maximum absolute atomic E-state index is 13.8. The van der Waals surface area contributed by atoms with Gasteiger partial charge in [-0.05, 0) is 28.1 Å². The molecule has 20 heavy (non-hydrogen) atoms. The number of anilines is 2. The van der Waals surface area contributed by atoms with E-state index >= 15 is 0 Å². The highest BCUT2D eigenvalue weighted by Crippen LogP contribution is 2.33. The number of nitro benzene ring substituents is 1. The van der Waals surface area contributed by atoms with Crippen LogP contribution in [0.4, 0.5) is 30.2 Å². The minimum atomic E-state index is -0.935. The van der Waals surface area contributed by atoms with E-state index in [4.69, 9.17) is 0 Å². The third-order valence-electron chi connectivity index (χ3n) is 2.43. The van der Waals surface area contributed by atoms with Gasteiger partial charge in [0.25, 0.3) is 5.69 Å². The first-order valence-electron chi connectivity index (χ1n) is 5.24. The van der Waals surface area contributed by atoms with Gasteiger partial charge in [0.15, 0.2) is 5.82 Å². The van der Waals surface area contributed by atoms with Crippen molar-refractivity contribution >= 4 is 33.0 Å². The van der Waals surface area contributed by atoms with Crippen LogP contribution in [0.3, 0.4) is 0 Å². The van der Waals surface area contributed by atoms with Gasteiger partial charge in [-0.1, -0.05) is 0 Å². The van der Waals surface area contributed by atoms with E-state index in [1.807, 2.05) is 0 Å². The summed E-state index contributed by atoms with van der Waals surface area (Å²) in [7, 11) is 0. The zero-order valence-corrected chi connectivity index (χ0v) is 11.2. The van der Waals surface area contributed by atoms with E-state index in [0.29, 0.717) is 12.1 Å². The Labute approximate surface area is 119 Å². The number of halogens is 4. The number of hydrogen-bond acceptors (Lipinski definition) is 3. The van der Waals surface area contributed by atoms with Crippen LogP contribution in [0.1, 0.15) is 0 Å². The smallest absolute Gasteiger partial charge is 0.273 e. The zero-order valence-electron chi connectivity index (χ0n) is 9.66. The fraction of sp³-hybridized carbons (Fsp3) is 0. The van der Waals surface area contributed by atoms with Gasteiger partial charge in [0.05, 0.1) is 26.8 Å². The monoisotopic (exact) mass is 346 g/mol. The topological polar surface area (TPSA) is 55.2 Å². The molecule has 4 nitrogen and oxygen atoms in total. The number of rotatable bonds is 3. The summed E-state index contributed by atoms with van der Waals surface area (Å²) in [5, 5.41) is 13.0. The Bertz CT molecular complexity index is 671. The van der Waals surface area contributed by atoms with Crippen molar-refractivity contribution in [3.8, 4) is 0 Å². The molecule has 0 saturated heterocycles. The summed E-state index contributed by atoms with van der Waals surface area (Å²) < 4.78 is 40.0. The summed E-state index contributed by atoms with van der Waals surface area (Å²) in [5.41, 5.74) is -0.777. The van der Waals surface area contributed by atoms with Crippen molar-refractivity contribution in [2.24, 2.45) is 0 Å². The van der Waals surface area contributed by atoms with Gasteiger partial charge in [-0.15, -0.1) is 0 Å². The predicted octanol–water partition coefficient (Wildman–Crippen LogP) is 4.52. The highest BCUT2D eigenvalue weighted by molar-refractivity contribution is 9.10. The molecule has 0 aliphatic rings.